The minimum absolute atomic E-state index is 0.0503. The summed E-state index contributed by atoms with van der Waals surface area (Å²) in [5.74, 6) is 0.382. The summed E-state index contributed by atoms with van der Waals surface area (Å²) in [6.45, 7) is 2.91. The molecule has 1 amide bonds. The summed E-state index contributed by atoms with van der Waals surface area (Å²) in [4.78, 5) is 16.5. The third kappa shape index (κ3) is 4.60. The van der Waals surface area contributed by atoms with E-state index in [0.29, 0.717) is 33.4 Å². The van der Waals surface area contributed by atoms with Gasteiger partial charge in [-0.25, -0.2) is 0 Å². The first-order valence-electron chi connectivity index (χ1n) is 7.89. The van der Waals surface area contributed by atoms with Crippen molar-refractivity contribution in [3.8, 4) is 5.75 Å². The van der Waals surface area contributed by atoms with Gasteiger partial charge in [-0.1, -0.05) is 41.4 Å². The van der Waals surface area contributed by atoms with Crippen LogP contribution in [0, 0.1) is 0 Å². The van der Waals surface area contributed by atoms with Gasteiger partial charge in [-0.2, -0.15) is 0 Å². The lowest BCUT2D eigenvalue weighted by atomic mass is 10.2. The predicted octanol–water partition coefficient (Wildman–Crippen LogP) is 4.48. The quantitative estimate of drug-likeness (QED) is 0.698. The van der Waals surface area contributed by atoms with Crippen LogP contribution in [-0.4, -0.2) is 43.6 Å². The Morgan fingerprint density at radius 2 is 1.76 bits per heavy atom. The number of para-hydroxylation sites is 1. The fourth-order valence-corrected chi connectivity index (χ4v) is 4.11. The average molecular weight is 444 g/mol. The van der Waals surface area contributed by atoms with E-state index in [1.165, 1.54) is 5.69 Å². The molecular formula is C18H17BrCl2N2O2. The van der Waals surface area contributed by atoms with Crippen LogP contribution in [0.4, 0.5) is 5.69 Å². The fourth-order valence-electron chi connectivity index (χ4n) is 2.74. The van der Waals surface area contributed by atoms with Crippen LogP contribution >= 0.6 is 39.1 Å². The highest BCUT2D eigenvalue weighted by molar-refractivity contribution is 9.10. The number of nitrogens with zero attached hydrogens (tertiary/aromatic N) is 2. The van der Waals surface area contributed by atoms with Gasteiger partial charge in [0, 0.05) is 36.9 Å². The molecule has 7 heteroatoms. The van der Waals surface area contributed by atoms with Crippen molar-refractivity contribution in [2.75, 3.05) is 37.7 Å². The molecule has 1 aliphatic rings. The first kappa shape index (κ1) is 18.4. The summed E-state index contributed by atoms with van der Waals surface area (Å²) >= 11 is 15.4. The van der Waals surface area contributed by atoms with Gasteiger partial charge in [-0.05, 0) is 40.2 Å². The molecule has 4 nitrogen and oxygen atoms in total. The Balaban J connectivity index is 1.53. The zero-order valence-electron chi connectivity index (χ0n) is 13.4. The number of rotatable bonds is 4. The van der Waals surface area contributed by atoms with E-state index in [0.717, 1.165) is 13.1 Å². The minimum atomic E-state index is -0.0503. The van der Waals surface area contributed by atoms with Crippen LogP contribution in [0.3, 0.4) is 0 Å². The second-order valence-electron chi connectivity index (χ2n) is 5.69. The number of hydrogen-bond acceptors (Lipinski definition) is 3. The molecule has 132 valence electrons. The molecule has 1 fully saturated rings. The average Bonchev–Trinajstić information content (AvgIpc) is 2.61. The van der Waals surface area contributed by atoms with Crippen molar-refractivity contribution >= 4 is 50.7 Å². The van der Waals surface area contributed by atoms with E-state index in [4.69, 9.17) is 27.9 Å². The molecule has 0 spiro atoms. The van der Waals surface area contributed by atoms with Crippen molar-refractivity contribution in [3.05, 3.63) is 57.0 Å². The zero-order chi connectivity index (χ0) is 17.8. The molecule has 0 unspecified atom stereocenters. The van der Waals surface area contributed by atoms with Crippen molar-refractivity contribution in [1.82, 2.24) is 4.90 Å². The summed E-state index contributed by atoms with van der Waals surface area (Å²) in [7, 11) is 0. The predicted molar refractivity (Wildman–Crippen MR) is 105 cm³/mol. The molecular weight excluding hydrogens is 427 g/mol. The smallest absolute Gasteiger partial charge is 0.260 e. The second-order valence-corrected chi connectivity index (χ2v) is 7.39. The van der Waals surface area contributed by atoms with E-state index in [-0.39, 0.29) is 12.5 Å². The second kappa shape index (κ2) is 8.30. The Kier molecular flexibility index (Phi) is 6.10. The molecule has 0 aromatic heterocycles. The van der Waals surface area contributed by atoms with Crippen LogP contribution in [0.1, 0.15) is 0 Å². The molecule has 1 heterocycles. The standard InChI is InChI=1S/C18H17BrCl2N2O2/c19-15-10-13(20)11-16(21)18(15)25-12-17(24)23-8-6-22(7-9-23)14-4-2-1-3-5-14/h1-5,10-11H,6-9,12H2. The van der Waals surface area contributed by atoms with Gasteiger partial charge in [-0.3, -0.25) is 4.79 Å². The summed E-state index contributed by atoms with van der Waals surface area (Å²) in [5, 5.41) is 0.883. The van der Waals surface area contributed by atoms with Gasteiger partial charge >= 0.3 is 0 Å². The highest BCUT2D eigenvalue weighted by atomic mass is 79.9. The molecule has 25 heavy (non-hydrogen) atoms. The van der Waals surface area contributed by atoms with E-state index in [1.807, 2.05) is 23.1 Å². The van der Waals surface area contributed by atoms with Crippen LogP contribution in [-0.2, 0) is 4.79 Å². The molecule has 0 N–H and O–H groups in total. The number of carbonyl (C=O) groups is 1. The molecule has 0 atom stereocenters. The minimum Gasteiger partial charge on any atom is -0.481 e. The topological polar surface area (TPSA) is 32.8 Å². The van der Waals surface area contributed by atoms with Gasteiger partial charge in [0.05, 0.1) is 9.50 Å². The van der Waals surface area contributed by atoms with Gasteiger partial charge in [0.25, 0.3) is 5.91 Å². The largest absolute Gasteiger partial charge is 0.481 e. The van der Waals surface area contributed by atoms with E-state index in [2.05, 4.69) is 33.0 Å². The van der Waals surface area contributed by atoms with Crippen molar-refractivity contribution in [2.24, 2.45) is 0 Å². The van der Waals surface area contributed by atoms with Gasteiger partial charge in [0.2, 0.25) is 0 Å². The normalized spacial score (nSPS) is 14.5. The van der Waals surface area contributed by atoms with E-state index in [1.54, 1.807) is 12.1 Å². The van der Waals surface area contributed by atoms with Crippen molar-refractivity contribution in [3.63, 3.8) is 0 Å². The van der Waals surface area contributed by atoms with Gasteiger partial charge < -0.3 is 14.5 Å². The van der Waals surface area contributed by atoms with Crippen LogP contribution in [0.2, 0.25) is 10.0 Å². The van der Waals surface area contributed by atoms with Gasteiger partial charge in [-0.15, -0.1) is 0 Å². The van der Waals surface area contributed by atoms with E-state index < -0.39 is 0 Å². The SMILES string of the molecule is O=C(COc1c(Cl)cc(Cl)cc1Br)N1CCN(c2ccccc2)CC1. The molecule has 1 saturated heterocycles. The number of hydrogen-bond donors (Lipinski definition) is 0. The third-order valence-electron chi connectivity index (χ3n) is 4.06. The number of amides is 1. The Labute approximate surface area is 165 Å². The van der Waals surface area contributed by atoms with Gasteiger partial charge in [0.1, 0.15) is 0 Å². The highest BCUT2D eigenvalue weighted by Gasteiger charge is 2.22. The monoisotopic (exact) mass is 442 g/mol. The zero-order valence-corrected chi connectivity index (χ0v) is 16.5. The molecule has 0 saturated carbocycles. The number of ether oxygens (including phenoxy) is 1. The number of piperazine rings is 1. The Hall–Kier alpha value is -1.43. The van der Waals surface area contributed by atoms with Crippen molar-refractivity contribution < 1.29 is 9.53 Å². The van der Waals surface area contributed by atoms with Crippen LogP contribution in [0.25, 0.3) is 0 Å². The molecule has 1 aliphatic heterocycles. The van der Waals surface area contributed by atoms with Crippen LogP contribution < -0.4 is 9.64 Å². The Morgan fingerprint density at radius 3 is 2.40 bits per heavy atom. The highest BCUT2D eigenvalue weighted by Crippen LogP contribution is 2.36. The van der Waals surface area contributed by atoms with Crippen LogP contribution in [0.5, 0.6) is 5.75 Å². The maximum Gasteiger partial charge on any atom is 0.260 e. The summed E-state index contributed by atoms with van der Waals surface area (Å²) in [6.07, 6.45) is 0. The summed E-state index contributed by atoms with van der Waals surface area (Å²) in [6, 6.07) is 13.5. The third-order valence-corrected chi connectivity index (χ3v) is 5.14. The number of carbonyl (C=O) groups excluding carboxylic acids is 1. The lowest BCUT2D eigenvalue weighted by Gasteiger charge is -2.36. The first-order chi connectivity index (χ1) is 12.0. The Morgan fingerprint density at radius 1 is 1.08 bits per heavy atom. The maximum absolute atomic E-state index is 12.4. The van der Waals surface area contributed by atoms with Crippen molar-refractivity contribution in [1.29, 1.82) is 0 Å². The lowest BCUT2D eigenvalue weighted by molar-refractivity contribution is -0.133. The van der Waals surface area contributed by atoms with Gasteiger partial charge in [0.15, 0.2) is 12.4 Å². The lowest BCUT2D eigenvalue weighted by Crippen LogP contribution is -2.50. The number of benzene rings is 2. The van der Waals surface area contributed by atoms with Crippen LogP contribution in [0.15, 0.2) is 46.9 Å². The summed E-state index contributed by atoms with van der Waals surface area (Å²) < 4.78 is 6.24. The Bertz CT molecular complexity index is 727. The van der Waals surface area contributed by atoms with Crippen molar-refractivity contribution in [2.45, 2.75) is 0 Å². The molecule has 3 rings (SSSR count). The van der Waals surface area contributed by atoms with E-state index in [9.17, 15) is 4.79 Å². The van der Waals surface area contributed by atoms with E-state index >= 15 is 0 Å². The first-order valence-corrected chi connectivity index (χ1v) is 9.44. The fraction of sp³-hybridized carbons (Fsp3) is 0.278. The molecule has 0 bridgehead atoms. The molecule has 2 aromatic rings. The maximum atomic E-state index is 12.4. The molecule has 0 radical (unpaired) electrons. The molecule has 2 aromatic carbocycles. The number of anilines is 1. The summed E-state index contributed by atoms with van der Waals surface area (Å²) in [5.41, 5.74) is 1.18. The number of halogens is 3. The molecule has 0 aliphatic carbocycles.